The van der Waals surface area contributed by atoms with E-state index in [1.165, 1.54) is 82.3 Å². The van der Waals surface area contributed by atoms with Crippen molar-refractivity contribution in [2.24, 2.45) is 17.6 Å². The molecule has 0 unspecified atom stereocenters. The Morgan fingerprint density at radius 2 is 1.11 bits per heavy atom. The fraction of sp³-hybridized carbons (Fsp3) is 0.404. The van der Waals surface area contributed by atoms with Gasteiger partial charge in [-0.05, 0) is 181 Å². The minimum absolute atomic E-state index is 0.0185. The highest BCUT2D eigenvalue weighted by Crippen LogP contribution is 2.43. The number of carbonyl (C=O) groups is 17. The van der Waals surface area contributed by atoms with Crippen LogP contribution in [-0.4, -0.2) is 225 Å². The van der Waals surface area contributed by atoms with E-state index in [4.69, 9.17) is 22.4 Å². The first-order chi connectivity index (χ1) is 66.7. The molecule has 752 valence electrons. The number of hydrogen-bond acceptors (Lipinski definition) is 22. The number of phenolic OH excluding ortho intramolecular Hbond substituents is 1. The third-order valence-corrected chi connectivity index (χ3v) is 23.8. The number of para-hydroxylation sites is 1. The number of carbonyl (C=O) groups excluding carboxylic acids is 13. The Morgan fingerprint density at radius 1 is 0.539 bits per heavy atom. The lowest BCUT2D eigenvalue weighted by atomic mass is 9.90. The molecule has 2 aliphatic heterocycles. The summed E-state index contributed by atoms with van der Waals surface area (Å²) >= 11 is 5.60. The number of aromatic carboxylic acids is 1. The van der Waals surface area contributed by atoms with Gasteiger partial charge in [-0.2, -0.15) is 0 Å². The van der Waals surface area contributed by atoms with Gasteiger partial charge in [0.15, 0.2) is 10.5 Å². The van der Waals surface area contributed by atoms with Crippen LogP contribution in [-0.2, 0) is 96.0 Å². The summed E-state index contributed by atoms with van der Waals surface area (Å²) in [6, 6.07) is 17.5. The van der Waals surface area contributed by atoms with Crippen molar-refractivity contribution >= 4 is 146 Å². The minimum Gasteiger partial charge on any atom is -0.508 e. The van der Waals surface area contributed by atoms with Crippen LogP contribution >= 0.6 is 12.2 Å². The first kappa shape index (κ1) is 109. The van der Waals surface area contributed by atoms with Gasteiger partial charge in [0.05, 0.1) is 24.5 Å². The standard InChI is InChI=1S/C99H120N16O25S/c1-51(2)40-69-86(127)105-68(36-37-79(120)121)91(132)115-99(9,96(139)110-72(44-58-50-101-67-29-21-20-28-62(58)67)87(128)107-70(42-56-24-16-14-17-25-56)85(126)102-53(5)83(124)109-75(94(136)137)41-52(3)4)39-23-13-11-10-12-22-38-98(8,95(138)111-74(49-80(122)123)89(130)106-69)114-84(125)54(6)103-92(133)82(55(7)116)113-90(131)71(43-57-26-18-15-19-27-57)108-88(129)73(48-78(100)119)112-97(141)104-59-30-33-63(66(45-59)93(134)135)81-64-34-31-60(117)46-76(64)140-77-47-61(118)32-35-65(77)81/h10-11,14-21,24-35,45-47,50-55,68-75,82,101,116-117H,12-13,22-23,36-44,48-49H2,1-9H3,(H2,100,119)(H,102,126)(H,103,133)(H,105,127)(H,106,130)(H,107,128)(H,108,129)(H,109,124)(H,110,139)(H,111,138)(H,113,131)(H,114,125)(H,115,132)(H,120,121)(H,122,123)(H,134,135)(H,136,137)(H2,104,112,141)/b11-10-/t53-,54-,55+,68-,69-,70-,71-,72-,73-,74-,75-,82-,98+,99+/m0/s1. The summed E-state index contributed by atoms with van der Waals surface area (Å²) in [6.07, 6.45) is -1.33. The highest BCUT2D eigenvalue weighted by Gasteiger charge is 2.44. The topological polar surface area (TPSA) is 652 Å². The molecule has 41 nitrogen and oxygen atoms in total. The van der Waals surface area contributed by atoms with Crippen LogP contribution < -0.4 is 85.6 Å². The number of fused-ring (bicyclic) bond motifs is 3. The van der Waals surface area contributed by atoms with Crippen molar-refractivity contribution in [3.8, 4) is 28.2 Å². The first-order valence-corrected chi connectivity index (χ1v) is 46.3. The Kier molecular flexibility index (Phi) is 38.9. The summed E-state index contributed by atoms with van der Waals surface area (Å²) in [4.78, 5) is 256. The quantitative estimate of drug-likeness (QED) is 0.0146. The molecule has 5 aromatic carbocycles. The number of benzene rings is 6. The van der Waals surface area contributed by atoms with Crippen molar-refractivity contribution in [3.63, 3.8) is 0 Å². The average Bonchev–Trinajstić information content (AvgIpc) is 1.01. The van der Waals surface area contributed by atoms with Crippen molar-refractivity contribution in [2.45, 2.75) is 242 Å². The molecular formula is C99H120N16O25S. The number of aromatic nitrogens is 1. The lowest BCUT2D eigenvalue weighted by Crippen LogP contribution is -2.65. The Bertz CT molecular complexity index is 6030. The zero-order valence-corrected chi connectivity index (χ0v) is 79.9. The average molecular weight is 1970 g/mol. The second kappa shape index (κ2) is 50.2. The molecule has 1 aromatic heterocycles. The molecular weight excluding hydrogens is 1850 g/mol. The number of allylic oxidation sites excluding steroid dienone is 2. The SMILES string of the molecule is CC(C)C[C@H](NC(=O)[C@H](C)NC(=O)[C@H](Cc1ccccc1)NC(=O)[C@H](Cc1c[nH]c2ccccc12)NC(=O)[C@@]1(C)CCC/C=C\CCC[C@@](C)(NC(=O)[C@H](C)NC(=O)[C@@H](NC(=O)[C@H](Cc2ccccc2)NC(=O)[C@H](CC(N)=O)NC(=S)Nc2ccc(-c3c4ccc(=O)cc-4oc4cc(O)ccc34)c(C(=O)O)c2)[C@@H](C)O)C(=O)N[C@@H](CC(=O)O)C(=O)N[C@@H](CC(C)C)C(=O)N[C@@H](CCC(=O)O)C(=O)N1)C(=O)O. The predicted molar refractivity (Wildman–Crippen MR) is 520 cm³/mol. The van der Waals surface area contributed by atoms with E-state index in [0.29, 0.717) is 44.1 Å². The van der Waals surface area contributed by atoms with Crippen LogP contribution in [0.15, 0.2) is 167 Å². The molecule has 141 heavy (non-hydrogen) atoms. The van der Waals surface area contributed by atoms with E-state index in [0.717, 1.165) is 6.92 Å². The normalized spacial score (nSPS) is 18.9. The number of carboxylic acid groups (broad SMARTS) is 4. The minimum atomic E-state index is -2.15. The number of hydrogen-bond donors (Lipinski definition) is 22. The predicted octanol–water partition coefficient (Wildman–Crippen LogP) is 4.15. The fourth-order valence-electron chi connectivity index (χ4n) is 16.1. The Balaban J connectivity index is 0.947. The van der Waals surface area contributed by atoms with Gasteiger partial charge in [0.1, 0.15) is 94.6 Å². The summed E-state index contributed by atoms with van der Waals surface area (Å²) in [5, 5.41) is 99.3. The molecule has 0 spiro atoms. The van der Waals surface area contributed by atoms with E-state index < -0.39 is 221 Å². The van der Waals surface area contributed by atoms with E-state index in [-0.39, 0.29) is 116 Å². The van der Waals surface area contributed by atoms with Crippen molar-refractivity contribution in [2.75, 3.05) is 5.32 Å². The number of rotatable bonds is 39. The zero-order chi connectivity index (χ0) is 103. The summed E-state index contributed by atoms with van der Waals surface area (Å²) in [5.41, 5.74) is 3.84. The molecule has 3 heterocycles. The van der Waals surface area contributed by atoms with Gasteiger partial charge in [-0.25, -0.2) is 9.59 Å². The number of aliphatic hydroxyl groups excluding tert-OH is 1. The molecule has 0 bridgehead atoms. The molecule has 14 atom stereocenters. The van der Waals surface area contributed by atoms with E-state index >= 15 is 19.2 Å². The van der Waals surface area contributed by atoms with Crippen LogP contribution in [0, 0.1) is 11.8 Å². The number of nitrogens with two attached hydrogens (primary N) is 1. The monoisotopic (exact) mass is 1960 g/mol. The zero-order valence-electron chi connectivity index (χ0n) is 79.1. The Labute approximate surface area is 815 Å². The highest BCUT2D eigenvalue weighted by atomic mass is 32.1. The van der Waals surface area contributed by atoms with Crippen LogP contribution in [0.2, 0.25) is 0 Å². The van der Waals surface area contributed by atoms with E-state index in [1.54, 1.807) is 131 Å². The molecule has 23 N–H and O–H groups in total. The van der Waals surface area contributed by atoms with Gasteiger partial charge in [-0.1, -0.05) is 125 Å². The van der Waals surface area contributed by atoms with Gasteiger partial charge < -0.3 is 120 Å². The second-order valence-corrected chi connectivity index (χ2v) is 36.6. The van der Waals surface area contributed by atoms with Crippen LogP contribution in [0.25, 0.3) is 44.3 Å². The number of primary amides is 1. The number of amides is 13. The third-order valence-electron chi connectivity index (χ3n) is 23.6. The van der Waals surface area contributed by atoms with Gasteiger partial charge in [0.25, 0.3) is 0 Å². The highest BCUT2D eigenvalue weighted by molar-refractivity contribution is 7.80. The molecule has 3 aliphatic rings. The molecule has 0 fully saturated rings. The summed E-state index contributed by atoms with van der Waals surface area (Å²) < 4.78 is 5.94. The molecule has 6 aromatic rings. The maximum atomic E-state index is 15.6. The maximum absolute atomic E-state index is 15.6. The summed E-state index contributed by atoms with van der Waals surface area (Å²) in [7, 11) is 0. The Hall–Kier alpha value is -15.5. The number of aromatic amines is 1. The number of aromatic hydroxyl groups is 1. The number of thiocarbonyl (C=S) groups is 1. The number of nitrogens with one attached hydrogen (secondary N) is 15. The largest absolute Gasteiger partial charge is 0.508 e. The molecule has 13 amide bonds. The van der Waals surface area contributed by atoms with Gasteiger partial charge >= 0.3 is 23.9 Å². The van der Waals surface area contributed by atoms with E-state index in [1.807, 2.05) is 0 Å². The van der Waals surface area contributed by atoms with E-state index in [9.17, 15) is 97.8 Å². The van der Waals surface area contributed by atoms with Gasteiger partial charge in [0, 0.05) is 77.1 Å². The van der Waals surface area contributed by atoms with Crippen molar-refractivity contribution < 1.29 is 117 Å². The lowest BCUT2D eigenvalue weighted by molar-refractivity contribution is -0.143. The smallest absolute Gasteiger partial charge is 0.336 e. The van der Waals surface area contributed by atoms with Crippen molar-refractivity contribution in [1.29, 1.82) is 0 Å². The molecule has 0 saturated carbocycles. The van der Waals surface area contributed by atoms with Gasteiger partial charge in [-0.3, -0.25) is 76.7 Å². The second-order valence-electron chi connectivity index (χ2n) is 36.2. The summed E-state index contributed by atoms with van der Waals surface area (Å²) in [5.74, 6) is -20.4. The fourth-order valence-corrected chi connectivity index (χ4v) is 16.3. The Morgan fingerprint density at radius 3 is 1.71 bits per heavy atom. The third kappa shape index (κ3) is 31.5. The number of phenols is 1. The molecule has 9 rings (SSSR count). The van der Waals surface area contributed by atoms with Crippen LogP contribution in [0.3, 0.4) is 0 Å². The number of anilines is 1. The first-order valence-electron chi connectivity index (χ1n) is 45.9. The van der Waals surface area contributed by atoms with Crippen LogP contribution in [0.5, 0.6) is 5.75 Å². The molecule has 0 saturated heterocycles. The molecule has 1 aliphatic carbocycles. The van der Waals surface area contributed by atoms with Gasteiger partial charge in [-0.15, -0.1) is 0 Å². The lowest BCUT2D eigenvalue weighted by Gasteiger charge is -2.34. The number of aliphatic hydroxyl groups is 1. The van der Waals surface area contributed by atoms with Crippen molar-refractivity contribution in [3.05, 3.63) is 190 Å². The number of carboxylic acids is 4. The molecule has 42 heteroatoms. The van der Waals surface area contributed by atoms with Crippen LogP contribution in [0.4, 0.5) is 5.69 Å². The molecule has 0 radical (unpaired) electrons. The van der Waals surface area contributed by atoms with E-state index in [2.05, 4.69) is 79.4 Å². The van der Waals surface area contributed by atoms with Gasteiger partial charge in [0.2, 0.25) is 76.8 Å². The van der Waals surface area contributed by atoms with Crippen LogP contribution in [0.1, 0.15) is 166 Å². The maximum Gasteiger partial charge on any atom is 0.336 e. The van der Waals surface area contributed by atoms with Crippen molar-refractivity contribution in [1.82, 2.24) is 74.1 Å². The number of aliphatic carboxylic acids is 3. The number of H-pyrrole nitrogens is 1. The summed E-state index contributed by atoms with van der Waals surface area (Å²) in [6.45, 7) is 13.0.